The van der Waals surface area contributed by atoms with E-state index in [2.05, 4.69) is 20.8 Å². The Morgan fingerprint density at radius 3 is 2.29 bits per heavy atom. The van der Waals surface area contributed by atoms with Gasteiger partial charge in [-0.2, -0.15) is 0 Å². The summed E-state index contributed by atoms with van der Waals surface area (Å²) in [6, 6.07) is 5.64. The summed E-state index contributed by atoms with van der Waals surface area (Å²) in [6.45, 7) is 7.87. The number of halogens is 1. The third-order valence-corrected chi connectivity index (χ3v) is 2.54. The molecule has 0 aromatic heterocycles. The molecule has 0 atom stereocenters. The largest absolute Gasteiger partial charge is 0.294 e. The minimum atomic E-state index is 0.0149. The maximum absolute atomic E-state index is 11.3. The van der Waals surface area contributed by atoms with Crippen molar-refractivity contribution in [3.63, 3.8) is 0 Å². The molecule has 0 fully saturated rings. The van der Waals surface area contributed by atoms with Gasteiger partial charge >= 0.3 is 0 Å². The van der Waals surface area contributed by atoms with Gasteiger partial charge in [-0.1, -0.05) is 38.4 Å². The van der Waals surface area contributed by atoms with Gasteiger partial charge in [-0.25, -0.2) is 0 Å². The summed E-state index contributed by atoms with van der Waals surface area (Å²) in [5.41, 5.74) is 1.79. The smallest absolute Gasteiger partial charge is 0.161 e. The van der Waals surface area contributed by atoms with E-state index in [0.29, 0.717) is 10.6 Å². The first-order valence-electron chi connectivity index (χ1n) is 4.63. The van der Waals surface area contributed by atoms with Crippen molar-refractivity contribution in [1.82, 2.24) is 0 Å². The third-order valence-electron chi connectivity index (χ3n) is 2.21. The number of hydrogen-bond donors (Lipinski definition) is 0. The lowest BCUT2D eigenvalue weighted by Gasteiger charge is -2.19. The molecular formula is C12H15ClO. The van der Waals surface area contributed by atoms with E-state index >= 15 is 0 Å². The van der Waals surface area contributed by atoms with Crippen LogP contribution < -0.4 is 0 Å². The number of Topliss-reactive ketones (excluding diaryl/α,β-unsaturated/α-hetero) is 1. The number of carbonyl (C=O) groups excluding carboxylic acids is 1. The van der Waals surface area contributed by atoms with Crippen molar-refractivity contribution in [1.29, 1.82) is 0 Å². The van der Waals surface area contributed by atoms with E-state index in [4.69, 9.17) is 11.6 Å². The van der Waals surface area contributed by atoms with Gasteiger partial charge in [-0.15, -0.1) is 0 Å². The van der Waals surface area contributed by atoms with Gasteiger partial charge in [0.25, 0.3) is 0 Å². The van der Waals surface area contributed by atoms with Crippen LogP contribution in [0.15, 0.2) is 18.2 Å². The minimum absolute atomic E-state index is 0.0149. The molecule has 1 nitrogen and oxygen atoms in total. The fourth-order valence-electron chi connectivity index (χ4n) is 1.26. The van der Waals surface area contributed by atoms with Crippen molar-refractivity contribution in [2.75, 3.05) is 0 Å². The SMILES string of the molecule is CC(=O)c1cc(C(C)(C)C)ccc1Cl. The molecular weight excluding hydrogens is 196 g/mol. The number of benzene rings is 1. The average molecular weight is 211 g/mol. The second-order valence-corrected chi connectivity index (χ2v) is 4.91. The zero-order valence-electron chi connectivity index (χ0n) is 9.02. The van der Waals surface area contributed by atoms with Gasteiger partial charge in [0.15, 0.2) is 5.78 Å². The predicted molar refractivity (Wildman–Crippen MR) is 60.2 cm³/mol. The molecule has 0 aliphatic heterocycles. The van der Waals surface area contributed by atoms with Crippen LogP contribution in [0.3, 0.4) is 0 Å². The molecule has 1 rings (SSSR count). The molecule has 0 radical (unpaired) electrons. The van der Waals surface area contributed by atoms with E-state index in [1.54, 1.807) is 6.07 Å². The topological polar surface area (TPSA) is 17.1 Å². The molecule has 0 bridgehead atoms. The van der Waals surface area contributed by atoms with Crippen LogP contribution in [0, 0.1) is 0 Å². The van der Waals surface area contributed by atoms with Crippen LogP contribution in [0.1, 0.15) is 43.6 Å². The van der Waals surface area contributed by atoms with E-state index in [0.717, 1.165) is 5.56 Å². The highest BCUT2D eigenvalue weighted by atomic mass is 35.5. The first kappa shape index (κ1) is 11.3. The van der Waals surface area contributed by atoms with E-state index in [-0.39, 0.29) is 11.2 Å². The maximum Gasteiger partial charge on any atom is 0.161 e. The fraction of sp³-hybridized carbons (Fsp3) is 0.417. The quantitative estimate of drug-likeness (QED) is 0.644. The Morgan fingerprint density at radius 2 is 1.86 bits per heavy atom. The van der Waals surface area contributed by atoms with Gasteiger partial charge in [-0.05, 0) is 30.0 Å². The Morgan fingerprint density at radius 1 is 1.29 bits per heavy atom. The Kier molecular flexibility index (Phi) is 3.01. The van der Waals surface area contributed by atoms with Crippen molar-refractivity contribution >= 4 is 17.4 Å². The van der Waals surface area contributed by atoms with Gasteiger partial charge in [0.2, 0.25) is 0 Å². The number of rotatable bonds is 1. The van der Waals surface area contributed by atoms with Crippen LogP contribution in [0.5, 0.6) is 0 Å². The second-order valence-electron chi connectivity index (χ2n) is 4.50. The molecule has 0 saturated carbocycles. The van der Waals surface area contributed by atoms with Gasteiger partial charge in [0.05, 0.1) is 5.02 Å². The average Bonchev–Trinajstić information content (AvgIpc) is 2.02. The Balaban J connectivity index is 3.27. The first-order chi connectivity index (χ1) is 6.32. The van der Waals surface area contributed by atoms with Crippen molar-refractivity contribution < 1.29 is 4.79 Å². The molecule has 2 heteroatoms. The molecule has 0 saturated heterocycles. The van der Waals surface area contributed by atoms with E-state index in [9.17, 15) is 4.79 Å². The van der Waals surface area contributed by atoms with Crippen LogP contribution in [0.2, 0.25) is 5.02 Å². The monoisotopic (exact) mass is 210 g/mol. The minimum Gasteiger partial charge on any atom is -0.294 e. The number of hydrogen-bond acceptors (Lipinski definition) is 1. The Bertz CT molecular complexity index is 361. The highest BCUT2D eigenvalue weighted by Crippen LogP contribution is 2.26. The van der Waals surface area contributed by atoms with Crippen LogP contribution in [-0.2, 0) is 5.41 Å². The predicted octanol–water partition coefficient (Wildman–Crippen LogP) is 3.84. The Hall–Kier alpha value is -0.820. The molecule has 1 aromatic carbocycles. The molecule has 1 aromatic rings. The highest BCUT2D eigenvalue weighted by Gasteiger charge is 2.16. The van der Waals surface area contributed by atoms with Gasteiger partial charge in [0, 0.05) is 5.56 Å². The van der Waals surface area contributed by atoms with Gasteiger partial charge in [0.1, 0.15) is 0 Å². The van der Waals surface area contributed by atoms with Gasteiger partial charge in [-0.3, -0.25) is 4.79 Å². The van der Waals surface area contributed by atoms with Crippen molar-refractivity contribution in [3.05, 3.63) is 34.3 Å². The molecule has 0 heterocycles. The molecule has 0 aliphatic rings. The summed E-state index contributed by atoms with van der Waals surface area (Å²) >= 11 is 5.92. The Labute approximate surface area is 90.1 Å². The first-order valence-corrected chi connectivity index (χ1v) is 5.01. The van der Waals surface area contributed by atoms with E-state index < -0.39 is 0 Å². The molecule has 0 spiro atoms. The van der Waals surface area contributed by atoms with E-state index in [1.165, 1.54) is 6.92 Å². The zero-order chi connectivity index (χ0) is 10.9. The fourth-order valence-corrected chi connectivity index (χ4v) is 1.51. The van der Waals surface area contributed by atoms with Crippen LogP contribution >= 0.6 is 11.6 Å². The highest BCUT2D eigenvalue weighted by molar-refractivity contribution is 6.33. The molecule has 0 amide bonds. The van der Waals surface area contributed by atoms with Crippen molar-refractivity contribution in [2.24, 2.45) is 0 Å². The second kappa shape index (κ2) is 3.74. The third kappa shape index (κ3) is 2.36. The summed E-state index contributed by atoms with van der Waals surface area (Å²) in [4.78, 5) is 11.3. The number of ketones is 1. The maximum atomic E-state index is 11.3. The lowest BCUT2D eigenvalue weighted by atomic mass is 9.86. The summed E-state index contributed by atoms with van der Waals surface area (Å²) in [7, 11) is 0. The van der Waals surface area contributed by atoms with Crippen LogP contribution in [0.25, 0.3) is 0 Å². The molecule has 76 valence electrons. The van der Waals surface area contributed by atoms with Crippen molar-refractivity contribution in [2.45, 2.75) is 33.1 Å². The summed E-state index contributed by atoms with van der Waals surface area (Å²) in [6.07, 6.45) is 0. The normalized spacial score (nSPS) is 11.5. The van der Waals surface area contributed by atoms with Crippen molar-refractivity contribution in [3.8, 4) is 0 Å². The lowest BCUT2D eigenvalue weighted by Crippen LogP contribution is -2.12. The van der Waals surface area contributed by atoms with Crippen LogP contribution in [0.4, 0.5) is 0 Å². The molecule has 0 N–H and O–H groups in total. The van der Waals surface area contributed by atoms with E-state index in [1.807, 2.05) is 12.1 Å². The molecule has 0 aliphatic carbocycles. The molecule has 0 unspecified atom stereocenters. The lowest BCUT2D eigenvalue weighted by molar-refractivity contribution is 0.101. The summed E-state index contributed by atoms with van der Waals surface area (Å²) in [5, 5.41) is 0.533. The summed E-state index contributed by atoms with van der Waals surface area (Å²) in [5.74, 6) is 0.0149. The van der Waals surface area contributed by atoms with Gasteiger partial charge < -0.3 is 0 Å². The standard InChI is InChI=1S/C12H15ClO/c1-8(14)10-7-9(12(2,3)4)5-6-11(10)13/h5-7H,1-4H3. The zero-order valence-corrected chi connectivity index (χ0v) is 9.77. The number of carbonyl (C=O) groups is 1. The van der Waals surface area contributed by atoms with Crippen LogP contribution in [-0.4, -0.2) is 5.78 Å². The summed E-state index contributed by atoms with van der Waals surface area (Å²) < 4.78 is 0. The molecule has 14 heavy (non-hydrogen) atoms.